The molecule has 0 atom stereocenters. The Morgan fingerprint density at radius 1 is 1.71 bits per heavy atom. The number of nitriles is 1. The zero-order valence-electron chi connectivity index (χ0n) is 7.52. The molecule has 1 N–H and O–H groups in total. The highest BCUT2D eigenvalue weighted by Gasteiger charge is 2.10. The molecule has 1 aromatic heterocycles. The number of hydrogen-bond donors (Lipinski definition) is 1. The lowest BCUT2D eigenvalue weighted by Crippen LogP contribution is -2.25. The third kappa shape index (κ3) is 3.16. The Morgan fingerprint density at radius 2 is 2.43 bits per heavy atom. The minimum atomic E-state index is -3.52. The first kappa shape index (κ1) is 10.7. The fourth-order valence-electron chi connectivity index (χ4n) is 0.817. The van der Waals surface area contributed by atoms with Gasteiger partial charge in [0.15, 0.2) is 11.5 Å². The maximum absolute atomic E-state index is 11.0. The van der Waals surface area contributed by atoms with Crippen LogP contribution in [0.4, 0.5) is 0 Å². The molecule has 0 amide bonds. The van der Waals surface area contributed by atoms with E-state index in [-0.39, 0.29) is 6.54 Å². The Labute approximate surface area is 81.6 Å². The molecule has 0 unspecified atom stereocenters. The van der Waals surface area contributed by atoms with Crippen molar-refractivity contribution in [2.45, 2.75) is 13.5 Å². The summed E-state index contributed by atoms with van der Waals surface area (Å²) in [5.74, 6) is -0.135. The van der Waals surface area contributed by atoms with Crippen LogP contribution in [0.1, 0.15) is 11.5 Å². The molecule has 7 heteroatoms. The maximum atomic E-state index is 11.0. The van der Waals surface area contributed by atoms with Gasteiger partial charge in [-0.1, -0.05) is 5.16 Å². The highest BCUT2D eigenvalue weighted by molar-refractivity contribution is 7.89. The second kappa shape index (κ2) is 4.21. The third-order valence-corrected chi connectivity index (χ3v) is 2.49. The Kier molecular flexibility index (Phi) is 3.22. The SMILES string of the molecule is Cc1cc(CNS(=O)(=O)CC#N)on1. The van der Waals surface area contributed by atoms with Crippen molar-refractivity contribution in [1.29, 1.82) is 5.26 Å². The van der Waals surface area contributed by atoms with E-state index in [1.807, 2.05) is 0 Å². The van der Waals surface area contributed by atoms with Crippen LogP contribution in [0.15, 0.2) is 10.6 Å². The van der Waals surface area contributed by atoms with Gasteiger partial charge in [0.25, 0.3) is 0 Å². The van der Waals surface area contributed by atoms with Crippen LogP contribution in [-0.4, -0.2) is 19.3 Å². The number of hydrogen-bond acceptors (Lipinski definition) is 5. The first-order valence-electron chi connectivity index (χ1n) is 3.80. The third-order valence-electron chi connectivity index (χ3n) is 1.40. The summed E-state index contributed by atoms with van der Waals surface area (Å²) in [6.45, 7) is 1.75. The van der Waals surface area contributed by atoms with Crippen molar-refractivity contribution in [3.05, 3.63) is 17.5 Å². The average molecular weight is 215 g/mol. The summed E-state index contributed by atoms with van der Waals surface area (Å²) < 4.78 is 29.0. The molecule has 0 saturated heterocycles. The Morgan fingerprint density at radius 3 is 2.93 bits per heavy atom. The molecule has 0 saturated carbocycles. The fraction of sp³-hybridized carbons (Fsp3) is 0.429. The molecule has 6 nitrogen and oxygen atoms in total. The minimum Gasteiger partial charge on any atom is -0.360 e. The predicted molar refractivity (Wildman–Crippen MR) is 47.5 cm³/mol. The van der Waals surface area contributed by atoms with E-state index in [1.165, 1.54) is 0 Å². The molecule has 0 fully saturated rings. The van der Waals surface area contributed by atoms with Gasteiger partial charge in [0, 0.05) is 6.07 Å². The van der Waals surface area contributed by atoms with Gasteiger partial charge in [0.05, 0.1) is 18.3 Å². The molecule has 1 heterocycles. The van der Waals surface area contributed by atoms with Crippen molar-refractivity contribution in [3.8, 4) is 6.07 Å². The molecule has 0 aliphatic rings. The summed E-state index contributed by atoms with van der Waals surface area (Å²) in [5, 5.41) is 11.8. The van der Waals surface area contributed by atoms with Gasteiger partial charge in [0.1, 0.15) is 0 Å². The molecular formula is C7H9N3O3S. The maximum Gasteiger partial charge on any atom is 0.225 e. The summed E-state index contributed by atoms with van der Waals surface area (Å²) in [4.78, 5) is 0. The lowest BCUT2D eigenvalue weighted by Gasteiger charge is -1.98. The second-order valence-corrected chi connectivity index (χ2v) is 4.48. The van der Waals surface area contributed by atoms with Crippen LogP contribution in [0, 0.1) is 18.3 Å². The summed E-state index contributed by atoms with van der Waals surface area (Å²) in [6, 6.07) is 3.17. The Bertz CT molecular complexity index is 443. The van der Waals surface area contributed by atoms with Crippen LogP contribution in [0.2, 0.25) is 0 Å². The molecule has 14 heavy (non-hydrogen) atoms. The zero-order chi connectivity index (χ0) is 10.6. The highest BCUT2D eigenvalue weighted by Crippen LogP contribution is 2.01. The van der Waals surface area contributed by atoms with Crippen LogP contribution >= 0.6 is 0 Å². The average Bonchev–Trinajstić information content (AvgIpc) is 2.48. The van der Waals surface area contributed by atoms with Gasteiger partial charge in [0.2, 0.25) is 10.0 Å². The van der Waals surface area contributed by atoms with Crippen LogP contribution in [0.25, 0.3) is 0 Å². The summed E-state index contributed by atoms with van der Waals surface area (Å²) >= 11 is 0. The lowest BCUT2D eigenvalue weighted by atomic mass is 10.4. The first-order valence-corrected chi connectivity index (χ1v) is 5.45. The van der Waals surface area contributed by atoms with Crippen LogP contribution < -0.4 is 4.72 Å². The normalized spacial score (nSPS) is 11.1. The van der Waals surface area contributed by atoms with Crippen molar-refractivity contribution in [1.82, 2.24) is 9.88 Å². The standard InChI is InChI=1S/C7H9N3O3S/c1-6-4-7(13-10-6)5-9-14(11,12)3-2-8/h4,9H,3,5H2,1H3. The molecule has 76 valence electrons. The van der Waals surface area contributed by atoms with E-state index < -0.39 is 15.8 Å². The molecule has 0 aliphatic carbocycles. The zero-order valence-corrected chi connectivity index (χ0v) is 8.34. The van der Waals surface area contributed by atoms with E-state index in [4.69, 9.17) is 9.78 Å². The summed E-state index contributed by atoms with van der Waals surface area (Å²) in [7, 11) is -3.52. The van der Waals surface area contributed by atoms with Crippen molar-refractivity contribution in [3.63, 3.8) is 0 Å². The van der Waals surface area contributed by atoms with Gasteiger partial charge in [-0.05, 0) is 6.92 Å². The molecule has 0 radical (unpaired) electrons. The topological polar surface area (TPSA) is 96.0 Å². The van der Waals surface area contributed by atoms with Gasteiger partial charge in [-0.2, -0.15) is 5.26 Å². The lowest BCUT2D eigenvalue weighted by molar-refractivity contribution is 0.377. The highest BCUT2D eigenvalue weighted by atomic mass is 32.2. The van der Waals surface area contributed by atoms with E-state index in [9.17, 15) is 8.42 Å². The van der Waals surface area contributed by atoms with Gasteiger partial charge in [-0.3, -0.25) is 0 Å². The van der Waals surface area contributed by atoms with E-state index in [0.29, 0.717) is 11.5 Å². The molecule has 0 aliphatic heterocycles. The van der Waals surface area contributed by atoms with Gasteiger partial charge < -0.3 is 4.52 Å². The summed E-state index contributed by atoms with van der Waals surface area (Å²) in [5.41, 5.74) is 0.680. The van der Waals surface area contributed by atoms with Gasteiger partial charge in [-0.25, -0.2) is 13.1 Å². The number of aryl methyl sites for hydroxylation is 1. The van der Waals surface area contributed by atoms with Gasteiger partial charge in [-0.15, -0.1) is 0 Å². The van der Waals surface area contributed by atoms with E-state index in [0.717, 1.165) is 0 Å². The molecule has 0 bridgehead atoms. The number of sulfonamides is 1. The largest absolute Gasteiger partial charge is 0.360 e. The van der Waals surface area contributed by atoms with Crippen molar-refractivity contribution < 1.29 is 12.9 Å². The molecule has 0 spiro atoms. The van der Waals surface area contributed by atoms with Crippen LogP contribution in [-0.2, 0) is 16.6 Å². The fourth-order valence-corrected chi connectivity index (χ4v) is 1.45. The molecule has 1 aromatic rings. The van der Waals surface area contributed by atoms with Crippen LogP contribution in [0.3, 0.4) is 0 Å². The molecular weight excluding hydrogens is 206 g/mol. The minimum absolute atomic E-state index is 0.0187. The number of aromatic nitrogens is 1. The Balaban J connectivity index is 2.54. The predicted octanol–water partition coefficient (Wildman–Crippen LogP) is -0.0740. The van der Waals surface area contributed by atoms with Crippen molar-refractivity contribution in [2.75, 3.05) is 5.75 Å². The second-order valence-electron chi connectivity index (χ2n) is 2.67. The van der Waals surface area contributed by atoms with Crippen LogP contribution in [0.5, 0.6) is 0 Å². The molecule has 1 rings (SSSR count). The molecule has 0 aromatic carbocycles. The van der Waals surface area contributed by atoms with E-state index in [1.54, 1.807) is 19.1 Å². The Hall–Kier alpha value is -1.39. The van der Waals surface area contributed by atoms with Crippen molar-refractivity contribution in [2.24, 2.45) is 0 Å². The smallest absolute Gasteiger partial charge is 0.225 e. The number of rotatable bonds is 4. The number of nitrogens with zero attached hydrogens (tertiary/aromatic N) is 2. The monoisotopic (exact) mass is 215 g/mol. The number of nitrogens with one attached hydrogen (secondary N) is 1. The van der Waals surface area contributed by atoms with E-state index in [2.05, 4.69) is 9.88 Å². The van der Waals surface area contributed by atoms with Gasteiger partial charge >= 0.3 is 0 Å². The quantitative estimate of drug-likeness (QED) is 0.758. The van der Waals surface area contributed by atoms with Crippen molar-refractivity contribution >= 4 is 10.0 Å². The van der Waals surface area contributed by atoms with E-state index >= 15 is 0 Å². The summed E-state index contributed by atoms with van der Waals surface area (Å²) in [6.07, 6.45) is 0. The first-order chi connectivity index (χ1) is 6.53.